The van der Waals surface area contributed by atoms with Gasteiger partial charge in [0, 0.05) is 6.42 Å². The summed E-state index contributed by atoms with van der Waals surface area (Å²) in [5.74, 6) is 1.96. The Morgan fingerprint density at radius 1 is 0.853 bits per heavy atom. The summed E-state index contributed by atoms with van der Waals surface area (Å²) in [6.45, 7) is 7.30. The predicted molar refractivity (Wildman–Crippen MR) is 128 cm³/mol. The van der Waals surface area contributed by atoms with Gasteiger partial charge in [0.25, 0.3) is 0 Å². The topological polar surface area (TPSA) is 101 Å². The summed E-state index contributed by atoms with van der Waals surface area (Å²) in [6.07, 6.45) is 11.3. The monoisotopic (exact) mass is 476 g/mol. The van der Waals surface area contributed by atoms with Crippen molar-refractivity contribution in [3.63, 3.8) is 0 Å². The van der Waals surface area contributed by atoms with E-state index in [0.29, 0.717) is 28.6 Å². The molecule has 9 atom stereocenters. The number of hydrogen-bond donors (Lipinski definition) is 2. The zero-order valence-electron chi connectivity index (χ0n) is 21.3. The van der Waals surface area contributed by atoms with Crippen LogP contribution in [0.3, 0.4) is 0 Å². The van der Waals surface area contributed by atoms with Crippen molar-refractivity contribution >= 4 is 17.9 Å². The third-order valence-electron chi connectivity index (χ3n) is 11.0. The van der Waals surface area contributed by atoms with E-state index in [0.717, 1.165) is 43.4 Å². The van der Waals surface area contributed by atoms with Gasteiger partial charge >= 0.3 is 17.9 Å². The Hall–Kier alpha value is -1.59. The molecule has 0 aromatic heterocycles. The second kappa shape index (κ2) is 9.81. The van der Waals surface area contributed by atoms with Gasteiger partial charge in [0.15, 0.2) is 0 Å². The Balaban J connectivity index is 1.39. The largest absolute Gasteiger partial charge is 0.481 e. The molecule has 0 radical (unpaired) electrons. The van der Waals surface area contributed by atoms with Crippen LogP contribution in [0.15, 0.2) is 0 Å². The second-order valence-corrected chi connectivity index (χ2v) is 12.6. The smallest absolute Gasteiger partial charge is 0.306 e. The number of rotatable bonds is 8. The lowest BCUT2D eigenvalue weighted by atomic mass is 9.44. The van der Waals surface area contributed by atoms with Crippen LogP contribution in [0.4, 0.5) is 0 Å². The van der Waals surface area contributed by atoms with Gasteiger partial charge in [0.1, 0.15) is 6.10 Å². The summed E-state index contributed by atoms with van der Waals surface area (Å²) in [5, 5.41) is 18.0. The van der Waals surface area contributed by atoms with E-state index < -0.39 is 11.9 Å². The molecule has 0 aromatic rings. The molecule has 0 aromatic carbocycles. The van der Waals surface area contributed by atoms with Crippen LogP contribution in [0, 0.1) is 46.3 Å². The van der Waals surface area contributed by atoms with Gasteiger partial charge in [-0.2, -0.15) is 0 Å². The molecular weight excluding hydrogens is 432 g/mol. The molecule has 0 amide bonds. The van der Waals surface area contributed by atoms with E-state index in [1.54, 1.807) is 0 Å². The minimum Gasteiger partial charge on any atom is -0.481 e. The number of fused-ring (bicyclic) bond motifs is 5. The van der Waals surface area contributed by atoms with Crippen LogP contribution >= 0.6 is 0 Å². The fourth-order valence-electron chi connectivity index (χ4n) is 9.31. The van der Waals surface area contributed by atoms with E-state index >= 15 is 0 Å². The lowest BCUT2D eigenvalue weighted by Crippen LogP contribution is -2.54. The Labute approximate surface area is 204 Å². The van der Waals surface area contributed by atoms with Gasteiger partial charge in [0.05, 0.1) is 12.8 Å². The van der Waals surface area contributed by atoms with E-state index in [-0.39, 0.29) is 31.3 Å². The molecule has 4 saturated carbocycles. The third kappa shape index (κ3) is 4.75. The SMILES string of the molecule is C[C@@H](CCC(=O)O)[C@H]1CC[C@H]2[C@@H]3CC[C@@H]4C[C@@H](OC(=O)CCC(=O)O)CC[C@]4(C)[C@H]3CC[C@]12C. The van der Waals surface area contributed by atoms with E-state index in [2.05, 4.69) is 20.8 Å². The highest BCUT2D eigenvalue weighted by atomic mass is 16.5. The average molecular weight is 477 g/mol. The van der Waals surface area contributed by atoms with Crippen molar-refractivity contribution < 1.29 is 29.3 Å². The Bertz CT molecular complexity index is 794. The fourth-order valence-corrected chi connectivity index (χ4v) is 9.31. The molecule has 0 saturated heterocycles. The third-order valence-corrected chi connectivity index (χ3v) is 11.0. The van der Waals surface area contributed by atoms with Crippen molar-refractivity contribution in [2.75, 3.05) is 0 Å². The fraction of sp³-hybridized carbons (Fsp3) is 0.893. The summed E-state index contributed by atoms with van der Waals surface area (Å²) >= 11 is 0. The Morgan fingerprint density at radius 3 is 2.24 bits per heavy atom. The minimum atomic E-state index is -0.957. The molecule has 4 aliphatic rings. The first kappa shape index (κ1) is 25.5. The average Bonchev–Trinajstić information content (AvgIpc) is 3.13. The van der Waals surface area contributed by atoms with Gasteiger partial charge in [-0.25, -0.2) is 0 Å². The Morgan fingerprint density at radius 2 is 1.53 bits per heavy atom. The Kier molecular flexibility index (Phi) is 7.36. The van der Waals surface area contributed by atoms with Crippen LogP contribution in [0.1, 0.15) is 104 Å². The minimum absolute atomic E-state index is 0.0369. The van der Waals surface area contributed by atoms with Gasteiger partial charge < -0.3 is 14.9 Å². The van der Waals surface area contributed by atoms with Gasteiger partial charge in [-0.05, 0) is 111 Å². The summed E-state index contributed by atoms with van der Waals surface area (Å²) < 4.78 is 5.69. The van der Waals surface area contributed by atoms with Crippen LogP contribution < -0.4 is 0 Å². The highest BCUT2D eigenvalue weighted by molar-refractivity contribution is 5.76. The van der Waals surface area contributed by atoms with E-state index in [4.69, 9.17) is 14.9 Å². The van der Waals surface area contributed by atoms with Crippen molar-refractivity contribution in [1.82, 2.24) is 0 Å². The van der Waals surface area contributed by atoms with Gasteiger partial charge in [-0.15, -0.1) is 0 Å². The quantitative estimate of drug-likeness (QED) is 0.422. The normalized spacial score (nSPS) is 42.1. The number of aliphatic carboxylic acids is 2. The van der Waals surface area contributed by atoms with Crippen LogP contribution in [0.25, 0.3) is 0 Å². The summed E-state index contributed by atoms with van der Waals surface area (Å²) in [5.41, 5.74) is 0.653. The maximum Gasteiger partial charge on any atom is 0.306 e. The molecule has 0 spiro atoms. The molecule has 2 N–H and O–H groups in total. The first-order valence-electron chi connectivity index (χ1n) is 13.7. The lowest BCUT2D eigenvalue weighted by molar-refractivity contribution is -0.164. The van der Waals surface area contributed by atoms with Crippen LogP contribution in [-0.4, -0.2) is 34.2 Å². The molecular formula is C28H44O6. The van der Waals surface area contributed by atoms with Crippen LogP contribution in [0.5, 0.6) is 0 Å². The lowest BCUT2D eigenvalue weighted by Gasteiger charge is -2.61. The van der Waals surface area contributed by atoms with E-state index in [1.165, 1.54) is 38.5 Å². The number of hydrogen-bond acceptors (Lipinski definition) is 4. The van der Waals surface area contributed by atoms with Crippen LogP contribution in [0.2, 0.25) is 0 Å². The van der Waals surface area contributed by atoms with Crippen molar-refractivity contribution in [2.24, 2.45) is 46.3 Å². The van der Waals surface area contributed by atoms with Crippen molar-refractivity contribution in [3.8, 4) is 0 Å². The van der Waals surface area contributed by atoms with Gasteiger partial charge in [-0.1, -0.05) is 20.8 Å². The second-order valence-electron chi connectivity index (χ2n) is 12.6. The predicted octanol–water partition coefficient (Wildman–Crippen LogP) is 5.92. The number of ether oxygens (including phenoxy) is 1. The first-order valence-corrected chi connectivity index (χ1v) is 13.7. The summed E-state index contributed by atoms with van der Waals surface area (Å²) in [4.78, 5) is 34.0. The number of carbonyl (C=O) groups excluding carboxylic acids is 1. The highest BCUT2D eigenvalue weighted by Crippen LogP contribution is 2.68. The number of carboxylic acids is 2. The van der Waals surface area contributed by atoms with Crippen molar-refractivity contribution in [3.05, 3.63) is 0 Å². The van der Waals surface area contributed by atoms with Gasteiger partial charge in [0.2, 0.25) is 0 Å². The molecule has 192 valence electrons. The molecule has 0 unspecified atom stereocenters. The number of carbonyl (C=O) groups is 3. The zero-order chi connectivity index (χ0) is 24.7. The number of carboxylic acid groups (broad SMARTS) is 2. The van der Waals surface area contributed by atoms with Crippen molar-refractivity contribution in [2.45, 2.75) is 110 Å². The molecule has 34 heavy (non-hydrogen) atoms. The molecule has 4 rings (SSSR count). The maximum absolute atomic E-state index is 12.1. The zero-order valence-corrected chi connectivity index (χ0v) is 21.3. The molecule has 0 heterocycles. The first-order chi connectivity index (χ1) is 16.0. The van der Waals surface area contributed by atoms with E-state index in [1.807, 2.05) is 0 Å². The van der Waals surface area contributed by atoms with Crippen LogP contribution in [-0.2, 0) is 19.1 Å². The maximum atomic E-state index is 12.1. The van der Waals surface area contributed by atoms with E-state index in [9.17, 15) is 14.4 Å². The molecule has 4 fully saturated rings. The number of esters is 1. The standard InChI is InChI=1S/C28H44O6/c1-17(4-9-24(29)30)21-7-8-22-20-6-5-18-16-19(34-26(33)11-10-25(31)32)12-14-27(18,2)23(20)13-15-28(21,22)3/h17-23H,4-16H2,1-3H3,(H,29,30)(H,31,32)/t17-,18+,19-,20-,21+,22-,23-,27-,28+/m0/s1. The van der Waals surface area contributed by atoms with Crippen molar-refractivity contribution in [1.29, 1.82) is 0 Å². The molecule has 4 aliphatic carbocycles. The molecule has 0 aliphatic heterocycles. The summed E-state index contributed by atoms with van der Waals surface area (Å²) in [7, 11) is 0. The molecule has 6 heteroatoms. The highest BCUT2D eigenvalue weighted by Gasteiger charge is 2.60. The molecule has 6 nitrogen and oxygen atoms in total. The van der Waals surface area contributed by atoms with Gasteiger partial charge in [-0.3, -0.25) is 14.4 Å². The molecule has 0 bridgehead atoms. The summed E-state index contributed by atoms with van der Waals surface area (Å²) in [6, 6.07) is 0.